The molecule has 2 atom stereocenters. The first-order valence-electron chi connectivity index (χ1n) is 26.4. The third-order valence-corrected chi connectivity index (χ3v) is 15.9. The monoisotopic (exact) mass is 1020 g/mol. The van der Waals surface area contributed by atoms with Crippen LogP contribution in [0.2, 0.25) is 10.0 Å². The van der Waals surface area contributed by atoms with Gasteiger partial charge in [0, 0.05) is 82.9 Å². The number of aromatic amines is 2. The second kappa shape index (κ2) is 21.9. The fourth-order valence-corrected chi connectivity index (χ4v) is 11.9. The second-order valence-electron chi connectivity index (χ2n) is 23.5. The second-order valence-corrected chi connectivity index (χ2v) is 24.4. The van der Waals surface area contributed by atoms with Crippen LogP contribution in [0.5, 0.6) is 0 Å². The van der Waals surface area contributed by atoms with E-state index in [1.54, 1.807) is 16.8 Å². The molecule has 4 N–H and O–H groups in total. The zero-order valence-corrected chi connectivity index (χ0v) is 44.8. The molecule has 2 unspecified atom stereocenters. The summed E-state index contributed by atoms with van der Waals surface area (Å²) in [5, 5.41) is 16.7. The van der Waals surface area contributed by atoms with E-state index in [0.717, 1.165) is 85.9 Å². The number of nitrogens with one attached hydrogen (secondary N) is 3. The summed E-state index contributed by atoms with van der Waals surface area (Å²) in [5.74, 6) is 1.71. The third-order valence-electron chi connectivity index (χ3n) is 15.4. The molecule has 388 valence electrons. The summed E-state index contributed by atoms with van der Waals surface area (Å²) >= 11 is 12.3. The summed E-state index contributed by atoms with van der Waals surface area (Å²) in [6.07, 6.45) is 13.4. The van der Waals surface area contributed by atoms with Crippen molar-refractivity contribution in [2.75, 3.05) is 40.3 Å². The quantitative estimate of drug-likeness (QED) is 0.136. The lowest BCUT2D eigenvalue weighted by molar-refractivity contribution is -0.143. The van der Waals surface area contributed by atoms with Gasteiger partial charge in [-0.25, -0.2) is 9.59 Å². The molecular formula is C56H78Cl2N6O7. The predicted octanol–water partition coefficient (Wildman–Crippen LogP) is 12.5. The average Bonchev–Trinajstić information content (AvgIpc) is 4.26. The van der Waals surface area contributed by atoms with E-state index in [1.165, 1.54) is 64.5 Å². The van der Waals surface area contributed by atoms with E-state index in [1.807, 2.05) is 72.9 Å². The van der Waals surface area contributed by atoms with Gasteiger partial charge in [-0.15, -0.1) is 0 Å². The highest BCUT2D eigenvalue weighted by Gasteiger charge is 2.45. The highest BCUT2D eigenvalue weighted by atomic mass is 35.5. The van der Waals surface area contributed by atoms with Crippen LogP contribution in [0, 0.1) is 35.5 Å². The van der Waals surface area contributed by atoms with E-state index in [2.05, 4.69) is 32.3 Å². The van der Waals surface area contributed by atoms with Crippen molar-refractivity contribution < 1.29 is 33.8 Å². The van der Waals surface area contributed by atoms with Gasteiger partial charge in [-0.2, -0.15) is 0 Å². The van der Waals surface area contributed by atoms with Crippen molar-refractivity contribution in [2.45, 2.75) is 155 Å². The van der Waals surface area contributed by atoms with Gasteiger partial charge in [-0.1, -0.05) is 35.3 Å². The molecular weight excluding hydrogens is 940 g/mol. The number of amides is 3. The highest BCUT2D eigenvalue weighted by molar-refractivity contribution is 6.31. The Kier molecular flexibility index (Phi) is 16.3. The first-order valence-corrected chi connectivity index (χ1v) is 27.1. The summed E-state index contributed by atoms with van der Waals surface area (Å²) in [6, 6.07) is 13.0. The van der Waals surface area contributed by atoms with Gasteiger partial charge in [0.15, 0.2) is 0 Å². The molecule has 13 nitrogen and oxygen atoms in total. The molecule has 0 bridgehead atoms. The van der Waals surface area contributed by atoms with E-state index in [-0.39, 0.29) is 30.1 Å². The van der Waals surface area contributed by atoms with Crippen LogP contribution in [0.4, 0.5) is 9.59 Å². The number of H-pyrrole nitrogens is 2. The maximum absolute atomic E-state index is 13.8. The Labute approximate surface area is 430 Å². The fraction of sp³-hybridized carbons (Fsp3) is 0.643. The van der Waals surface area contributed by atoms with Crippen LogP contribution in [0.1, 0.15) is 153 Å². The Morgan fingerprint density at radius 2 is 1.11 bits per heavy atom. The predicted molar refractivity (Wildman–Crippen MR) is 281 cm³/mol. The summed E-state index contributed by atoms with van der Waals surface area (Å²) in [4.78, 5) is 61.5. The van der Waals surface area contributed by atoms with E-state index < -0.39 is 17.2 Å². The van der Waals surface area contributed by atoms with Crippen molar-refractivity contribution in [1.82, 2.24) is 30.0 Å². The van der Waals surface area contributed by atoms with E-state index >= 15 is 0 Å². The molecule has 4 fully saturated rings. The molecule has 0 radical (unpaired) electrons. The molecule has 0 spiro atoms. The van der Waals surface area contributed by atoms with Crippen molar-refractivity contribution in [3.8, 4) is 0 Å². The molecule has 0 saturated heterocycles. The number of hydrogen-bond donors (Lipinski definition) is 4. The number of aromatic nitrogens is 2. The molecule has 15 heteroatoms. The fourth-order valence-electron chi connectivity index (χ4n) is 11.5. The maximum atomic E-state index is 13.8. The number of rotatable bonds is 8. The third kappa shape index (κ3) is 13.4. The summed E-state index contributed by atoms with van der Waals surface area (Å²) in [5.41, 5.74) is 6.83. The Morgan fingerprint density at radius 1 is 0.648 bits per heavy atom. The molecule has 4 aliphatic carbocycles. The number of ether oxygens (including phenoxy) is 2. The molecule has 4 saturated carbocycles. The van der Waals surface area contributed by atoms with Gasteiger partial charge in [-0.05, 0) is 197 Å². The average molecular weight is 1020 g/mol. The standard InChI is InChI=1S/C28H38ClN3O3.C14H15ClN2.C14H25NO4/c1-28(2,3)35-27(34)31(4)16-17-5-7-19(8-6-17)26(33)32-14-13-22-21-12-11-20(29)15-23(21)30-24(22)25(32)18-9-10-18;15-9-3-4-10-11-5-6-16-13(8-1-2-8)14(11)17-12(10)7-9;1-14(2,3)19-13(18)15(4)9-10-5-7-11(8-6-10)12(16)17/h11-12,15,17-19,25,30H,5-10,13-14,16H2,1-4H3;3-4,7-8,13,16-17H,1-2,5-6H2;10-11H,5-9H2,1-4H3,(H,16,17). The molecule has 3 amide bonds. The minimum Gasteiger partial charge on any atom is -0.481 e. The lowest BCUT2D eigenvalue weighted by atomic mass is 9.80. The number of aliphatic carboxylic acids is 1. The number of nitrogens with zero attached hydrogens (tertiary/aromatic N) is 3. The minimum absolute atomic E-state index is 0.0831. The Morgan fingerprint density at radius 3 is 1.58 bits per heavy atom. The first kappa shape index (κ1) is 52.9. The van der Waals surface area contributed by atoms with Gasteiger partial charge in [0.05, 0.1) is 18.0 Å². The van der Waals surface area contributed by atoms with Gasteiger partial charge in [-0.3, -0.25) is 9.59 Å². The van der Waals surface area contributed by atoms with Crippen molar-refractivity contribution >= 4 is 69.1 Å². The van der Waals surface area contributed by atoms with Crippen LogP contribution < -0.4 is 5.32 Å². The molecule has 4 aromatic rings. The van der Waals surface area contributed by atoms with E-state index in [9.17, 15) is 19.2 Å². The number of benzene rings is 2. The van der Waals surface area contributed by atoms with Crippen LogP contribution >= 0.6 is 23.2 Å². The number of halogens is 2. The highest BCUT2D eigenvalue weighted by Crippen LogP contribution is 2.50. The topological polar surface area (TPSA) is 160 Å². The Bertz CT molecular complexity index is 2540. The number of carbonyl (C=O) groups excluding carboxylic acids is 3. The molecule has 2 aliphatic heterocycles. The number of fused-ring (bicyclic) bond motifs is 6. The number of carboxylic acids is 1. The molecule has 2 aromatic heterocycles. The van der Waals surface area contributed by atoms with E-state index in [4.69, 9.17) is 37.8 Å². The van der Waals surface area contributed by atoms with Gasteiger partial charge in [0.1, 0.15) is 11.2 Å². The number of carboxylic acid groups (broad SMARTS) is 1. The van der Waals surface area contributed by atoms with Gasteiger partial charge < -0.3 is 44.6 Å². The van der Waals surface area contributed by atoms with Crippen molar-refractivity contribution in [2.24, 2.45) is 35.5 Å². The molecule has 2 aromatic carbocycles. The number of hydrogen-bond acceptors (Lipinski definition) is 7. The van der Waals surface area contributed by atoms with Crippen LogP contribution in [0.3, 0.4) is 0 Å². The number of carbonyl (C=O) groups is 4. The van der Waals surface area contributed by atoms with Gasteiger partial charge in [0.25, 0.3) is 0 Å². The minimum atomic E-state index is -0.695. The SMILES string of the molecule is CN(CC1CCC(C(=O)N2CCc3c([nH]c4cc(Cl)ccc34)C2C2CC2)CC1)C(=O)OC(C)(C)C.CN(CC1CCC(C(=O)O)CC1)C(=O)OC(C)(C)C.Clc1ccc2c3c([nH]c2c1)C(C1CC1)NCC3. The lowest BCUT2D eigenvalue weighted by Gasteiger charge is -2.40. The van der Waals surface area contributed by atoms with Gasteiger partial charge >= 0.3 is 18.2 Å². The van der Waals surface area contributed by atoms with Crippen molar-refractivity contribution in [3.05, 3.63) is 69.0 Å². The molecule has 6 aliphatic rings. The van der Waals surface area contributed by atoms with E-state index in [0.29, 0.717) is 55.6 Å². The van der Waals surface area contributed by atoms with Crippen molar-refractivity contribution in [3.63, 3.8) is 0 Å². The van der Waals surface area contributed by atoms with Gasteiger partial charge in [0.2, 0.25) is 5.91 Å². The van der Waals surface area contributed by atoms with Crippen LogP contribution in [-0.2, 0) is 31.9 Å². The van der Waals surface area contributed by atoms with Crippen molar-refractivity contribution in [1.29, 1.82) is 0 Å². The molecule has 71 heavy (non-hydrogen) atoms. The largest absolute Gasteiger partial charge is 0.481 e. The lowest BCUT2D eigenvalue weighted by Crippen LogP contribution is -2.45. The molecule has 4 heterocycles. The normalized spacial score (nSPS) is 24.3. The summed E-state index contributed by atoms with van der Waals surface area (Å²) in [6.45, 7) is 14.4. The zero-order valence-electron chi connectivity index (χ0n) is 43.3. The maximum Gasteiger partial charge on any atom is 0.410 e. The van der Waals surface area contributed by atoms with Crippen LogP contribution in [-0.4, -0.2) is 105 Å². The Balaban J connectivity index is 0.000000158. The first-order chi connectivity index (χ1) is 33.6. The Hall–Kier alpha value is -4.46. The van der Waals surface area contributed by atoms with Crippen LogP contribution in [0.25, 0.3) is 21.8 Å². The zero-order chi connectivity index (χ0) is 50.9. The summed E-state index contributed by atoms with van der Waals surface area (Å²) < 4.78 is 10.8. The smallest absolute Gasteiger partial charge is 0.410 e. The molecule has 10 rings (SSSR count). The summed E-state index contributed by atoms with van der Waals surface area (Å²) in [7, 11) is 3.54. The van der Waals surface area contributed by atoms with Crippen LogP contribution in [0.15, 0.2) is 36.4 Å².